The highest BCUT2D eigenvalue weighted by molar-refractivity contribution is 5.89. The molecule has 1 aliphatic rings. The van der Waals surface area contributed by atoms with E-state index in [0.717, 1.165) is 17.0 Å². The fourth-order valence-corrected chi connectivity index (χ4v) is 3.14. The van der Waals surface area contributed by atoms with E-state index in [-0.39, 0.29) is 6.03 Å². The number of carbonyl (C=O) groups excluding carboxylic acids is 1. The normalized spacial score (nSPS) is 13.8. The monoisotopic (exact) mass is 389 g/mol. The van der Waals surface area contributed by atoms with E-state index in [9.17, 15) is 4.79 Å². The Bertz CT molecular complexity index is 911. The topological polar surface area (TPSA) is 70.6 Å². The van der Waals surface area contributed by atoms with E-state index in [0.29, 0.717) is 38.7 Å². The molecule has 0 bridgehead atoms. The predicted octanol–water partition coefficient (Wildman–Crippen LogP) is 3.41. The zero-order valence-corrected chi connectivity index (χ0v) is 16.1. The molecule has 0 atom stereocenters. The van der Waals surface area contributed by atoms with Gasteiger partial charge in [0.15, 0.2) is 0 Å². The fraction of sp³-hybridized carbons (Fsp3) is 0.227. The first-order valence-corrected chi connectivity index (χ1v) is 9.62. The SMILES string of the molecule is O=C(Nc1ccc(OCc2ccccc2)cc1)N1CCN(c2ncccn2)CC1. The number of urea groups is 1. The lowest BCUT2D eigenvalue weighted by Gasteiger charge is -2.34. The third kappa shape index (κ3) is 5.01. The highest BCUT2D eigenvalue weighted by Gasteiger charge is 2.22. The fourth-order valence-electron chi connectivity index (χ4n) is 3.14. The van der Waals surface area contributed by atoms with Crippen LogP contribution in [0.25, 0.3) is 0 Å². The second kappa shape index (κ2) is 9.05. The Hall–Kier alpha value is -3.61. The van der Waals surface area contributed by atoms with Crippen LogP contribution in [0.15, 0.2) is 73.1 Å². The summed E-state index contributed by atoms with van der Waals surface area (Å²) >= 11 is 0. The standard InChI is InChI=1S/C22H23N5O2/c28-22(27-15-13-26(14-16-27)21-23-11-4-12-24-21)25-19-7-9-20(10-8-19)29-17-18-5-2-1-3-6-18/h1-12H,13-17H2,(H,25,28). The number of amides is 2. The summed E-state index contributed by atoms with van der Waals surface area (Å²) in [6.07, 6.45) is 3.46. The number of nitrogens with zero attached hydrogens (tertiary/aromatic N) is 4. The van der Waals surface area contributed by atoms with Crippen molar-refractivity contribution in [2.24, 2.45) is 0 Å². The average molecular weight is 389 g/mol. The van der Waals surface area contributed by atoms with Crippen LogP contribution in [0.5, 0.6) is 5.75 Å². The first-order chi connectivity index (χ1) is 14.3. The predicted molar refractivity (Wildman–Crippen MR) is 112 cm³/mol. The molecule has 2 heterocycles. The summed E-state index contributed by atoms with van der Waals surface area (Å²) in [5, 5.41) is 2.95. The molecule has 1 fully saturated rings. The van der Waals surface area contributed by atoms with E-state index in [1.165, 1.54) is 0 Å². The molecule has 0 aliphatic carbocycles. The number of ether oxygens (including phenoxy) is 1. The first kappa shape index (κ1) is 18.7. The largest absolute Gasteiger partial charge is 0.489 e. The number of hydrogen-bond donors (Lipinski definition) is 1. The zero-order valence-electron chi connectivity index (χ0n) is 16.1. The van der Waals surface area contributed by atoms with E-state index in [1.54, 1.807) is 23.4 Å². The molecule has 3 aromatic rings. The summed E-state index contributed by atoms with van der Waals surface area (Å²) < 4.78 is 5.78. The van der Waals surface area contributed by atoms with E-state index in [4.69, 9.17) is 4.74 Å². The number of rotatable bonds is 5. The average Bonchev–Trinajstić information content (AvgIpc) is 2.80. The number of nitrogens with one attached hydrogen (secondary N) is 1. The molecule has 7 nitrogen and oxygen atoms in total. The van der Waals surface area contributed by atoms with Crippen LogP contribution in [0, 0.1) is 0 Å². The molecule has 2 aromatic carbocycles. The number of carbonyl (C=O) groups is 1. The lowest BCUT2D eigenvalue weighted by atomic mass is 10.2. The Morgan fingerprint density at radius 3 is 2.28 bits per heavy atom. The maximum absolute atomic E-state index is 12.5. The Morgan fingerprint density at radius 1 is 0.897 bits per heavy atom. The molecule has 1 N–H and O–H groups in total. The van der Waals surface area contributed by atoms with E-state index < -0.39 is 0 Å². The van der Waals surface area contributed by atoms with Gasteiger partial charge in [-0.25, -0.2) is 14.8 Å². The van der Waals surface area contributed by atoms with Crippen LogP contribution in [0.3, 0.4) is 0 Å². The van der Waals surface area contributed by atoms with Gasteiger partial charge in [0, 0.05) is 44.3 Å². The third-order valence-corrected chi connectivity index (χ3v) is 4.76. The molecule has 7 heteroatoms. The van der Waals surface area contributed by atoms with Gasteiger partial charge in [-0.1, -0.05) is 30.3 Å². The second-order valence-corrected chi connectivity index (χ2v) is 6.75. The molecule has 1 aromatic heterocycles. The Labute approximate surface area is 170 Å². The highest BCUT2D eigenvalue weighted by atomic mass is 16.5. The summed E-state index contributed by atoms with van der Waals surface area (Å²) in [5.41, 5.74) is 1.86. The molecule has 29 heavy (non-hydrogen) atoms. The summed E-state index contributed by atoms with van der Waals surface area (Å²) in [6.45, 7) is 3.19. The molecular weight excluding hydrogens is 366 g/mol. The summed E-state index contributed by atoms with van der Waals surface area (Å²) in [5.74, 6) is 1.47. The Morgan fingerprint density at radius 2 is 1.59 bits per heavy atom. The first-order valence-electron chi connectivity index (χ1n) is 9.62. The van der Waals surface area contributed by atoms with Gasteiger partial charge in [-0.05, 0) is 35.9 Å². The molecule has 0 radical (unpaired) electrons. The molecule has 148 valence electrons. The minimum atomic E-state index is -0.100. The van der Waals surface area contributed by atoms with Gasteiger partial charge in [-0.2, -0.15) is 0 Å². The maximum Gasteiger partial charge on any atom is 0.321 e. The van der Waals surface area contributed by atoms with Crippen molar-refractivity contribution in [2.75, 3.05) is 36.4 Å². The van der Waals surface area contributed by atoms with E-state index in [2.05, 4.69) is 20.2 Å². The van der Waals surface area contributed by atoms with Gasteiger partial charge in [-0.3, -0.25) is 0 Å². The van der Waals surface area contributed by atoms with Crippen molar-refractivity contribution < 1.29 is 9.53 Å². The maximum atomic E-state index is 12.5. The molecular formula is C22H23N5O2. The van der Waals surface area contributed by atoms with Gasteiger partial charge >= 0.3 is 6.03 Å². The quantitative estimate of drug-likeness (QED) is 0.724. The molecule has 0 spiro atoms. The molecule has 0 saturated carbocycles. The summed E-state index contributed by atoms with van der Waals surface area (Å²) in [4.78, 5) is 25.0. The van der Waals surface area contributed by atoms with Gasteiger partial charge in [0.1, 0.15) is 12.4 Å². The number of aromatic nitrogens is 2. The van der Waals surface area contributed by atoms with Gasteiger partial charge < -0.3 is 19.9 Å². The van der Waals surface area contributed by atoms with Crippen LogP contribution in [-0.4, -0.2) is 47.1 Å². The van der Waals surface area contributed by atoms with Gasteiger partial charge in [0.25, 0.3) is 0 Å². The van der Waals surface area contributed by atoms with Crippen molar-refractivity contribution in [1.82, 2.24) is 14.9 Å². The lowest BCUT2D eigenvalue weighted by Crippen LogP contribution is -2.50. The number of hydrogen-bond acceptors (Lipinski definition) is 5. The minimum Gasteiger partial charge on any atom is -0.489 e. The smallest absolute Gasteiger partial charge is 0.321 e. The second-order valence-electron chi connectivity index (χ2n) is 6.75. The van der Waals surface area contributed by atoms with Crippen LogP contribution in [0.1, 0.15) is 5.56 Å². The summed E-state index contributed by atoms with van der Waals surface area (Å²) in [6, 6.07) is 19.1. The lowest BCUT2D eigenvalue weighted by molar-refractivity contribution is 0.208. The molecule has 0 unspecified atom stereocenters. The van der Waals surface area contributed by atoms with Crippen molar-refractivity contribution >= 4 is 17.7 Å². The van der Waals surface area contributed by atoms with Crippen molar-refractivity contribution in [2.45, 2.75) is 6.61 Å². The van der Waals surface area contributed by atoms with Crippen LogP contribution >= 0.6 is 0 Å². The minimum absolute atomic E-state index is 0.100. The highest BCUT2D eigenvalue weighted by Crippen LogP contribution is 2.18. The van der Waals surface area contributed by atoms with Crippen LogP contribution in [-0.2, 0) is 6.61 Å². The van der Waals surface area contributed by atoms with Crippen LogP contribution < -0.4 is 15.0 Å². The van der Waals surface area contributed by atoms with Gasteiger partial charge in [0.05, 0.1) is 0 Å². The van der Waals surface area contributed by atoms with Crippen molar-refractivity contribution in [3.8, 4) is 5.75 Å². The Balaban J connectivity index is 1.25. The molecule has 2 amide bonds. The third-order valence-electron chi connectivity index (χ3n) is 4.76. The van der Waals surface area contributed by atoms with Crippen LogP contribution in [0.4, 0.5) is 16.4 Å². The number of benzene rings is 2. The van der Waals surface area contributed by atoms with Gasteiger partial charge in [-0.15, -0.1) is 0 Å². The van der Waals surface area contributed by atoms with Crippen molar-refractivity contribution in [3.05, 3.63) is 78.6 Å². The molecule has 1 aliphatic heterocycles. The van der Waals surface area contributed by atoms with Crippen molar-refractivity contribution in [3.63, 3.8) is 0 Å². The number of anilines is 2. The summed E-state index contributed by atoms with van der Waals surface area (Å²) in [7, 11) is 0. The Kier molecular flexibility index (Phi) is 5.85. The van der Waals surface area contributed by atoms with E-state index >= 15 is 0 Å². The van der Waals surface area contributed by atoms with Gasteiger partial charge in [0.2, 0.25) is 5.95 Å². The molecule has 4 rings (SSSR count). The number of piperazine rings is 1. The van der Waals surface area contributed by atoms with Crippen molar-refractivity contribution in [1.29, 1.82) is 0 Å². The molecule has 1 saturated heterocycles. The zero-order chi connectivity index (χ0) is 19.9. The van der Waals surface area contributed by atoms with Crippen LogP contribution in [0.2, 0.25) is 0 Å². The van der Waals surface area contributed by atoms with E-state index in [1.807, 2.05) is 54.6 Å².